The predicted molar refractivity (Wildman–Crippen MR) is 104 cm³/mol. The molecule has 1 saturated heterocycles. The fraction of sp³-hybridized carbons (Fsp3) is 0.333. The summed E-state index contributed by atoms with van der Waals surface area (Å²) in [6.45, 7) is 1.86. The molecule has 6 nitrogen and oxygen atoms in total. The van der Waals surface area contributed by atoms with E-state index in [4.69, 9.17) is 5.73 Å². The van der Waals surface area contributed by atoms with Crippen LogP contribution >= 0.6 is 0 Å². The van der Waals surface area contributed by atoms with Gasteiger partial charge >= 0.3 is 6.03 Å². The number of benzene rings is 2. The van der Waals surface area contributed by atoms with Crippen LogP contribution in [0.5, 0.6) is 0 Å². The molecule has 0 aromatic heterocycles. The lowest BCUT2D eigenvalue weighted by molar-refractivity contribution is -0.129. The summed E-state index contributed by atoms with van der Waals surface area (Å²) in [5.41, 5.74) is 8.27. The Morgan fingerprint density at radius 3 is 2.25 bits per heavy atom. The minimum absolute atomic E-state index is 0.122. The third-order valence-electron chi connectivity index (χ3n) is 5.55. The van der Waals surface area contributed by atoms with Crippen LogP contribution in [0.3, 0.4) is 0 Å². The third kappa shape index (κ3) is 4.14. The van der Waals surface area contributed by atoms with E-state index < -0.39 is 0 Å². The quantitative estimate of drug-likeness (QED) is 0.740. The van der Waals surface area contributed by atoms with E-state index in [1.54, 1.807) is 24.3 Å². The highest BCUT2D eigenvalue weighted by Crippen LogP contribution is 2.43. The van der Waals surface area contributed by atoms with E-state index in [2.05, 4.69) is 10.6 Å². The van der Waals surface area contributed by atoms with E-state index >= 15 is 0 Å². The van der Waals surface area contributed by atoms with Gasteiger partial charge in [0.1, 0.15) is 5.82 Å². The van der Waals surface area contributed by atoms with Crippen molar-refractivity contribution in [2.45, 2.75) is 19.0 Å². The largest absolute Gasteiger partial charge is 0.342 e. The van der Waals surface area contributed by atoms with Crippen LogP contribution in [-0.4, -0.2) is 36.0 Å². The first-order chi connectivity index (χ1) is 13.5. The number of carbonyl (C=O) groups excluding carboxylic acids is 2. The lowest BCUT2D eigenvalue weighted by atomic mass is 10.1. The van der Waals surface area contributed by atoms with Gasteiger partial charge < -0.3 is 21.3 Å². The van der Waals surface area contributed by atoms with Crippen molar-refractivity contribution in [2.75, 3.05) is 18.4 Å². The van der Waals surface area contributed by atoms with Crippen LogP contribution in [-0.2, 0) is 17.8 Å². The Kier molecular flexibility index (Phi) is 5.00. The van der Waals surface area contributed by atoms with E-state index in [-0.39, 0.29) is 23.8 Å². The molecule has 0 spiro atoms. The molecule has 3 amide bonds. The summed E-state index contributed by atoms with van der Waals surface area (Å²) < 4.78 is 12.9. The van der Waals surface area contributed by atoms with E-state index in [0.717, 1.165) is 24.2 Å². The molecular formula is C21H23FN4O2. The minimum Gasteiger partial charge on any atom is -0.342 e. The molecule has 1 aliphatic heterocycles. The Hall–Kier alpha value is -2.93. The maximum absolute atomic E-state index is 12.9. The Morgan fingerprint density at radius 2 is 1.61 bits per heavy atom. The van der Waals surface area contributed by atoms with Gasteiger partial charge in [-0.2, -0.15) is 0 Å². The van der Waals surface area contributed by atoms with Gasteiger partial charge in [-0.25, -0.2) is 9.18 Å². The van der Waals surface area contributed by atoms with Gasteiger partial charge in [0, 0.05) is 31.4 Å². The van der Waals surface area contributed by atoms with Crippen molar-refractivity contribution in [1.82, 2.24) is 10.2 Å². The number of anilines is 1. The second kappa shape index (κ2) is 7.59. The van der Waals surface area contributed by atoms with Gasteiger partial charge in [-0.1, -0.05) is 24.3 Å². The highest BCUT2D eigenvalue weighted by Gasteiger charge is 2.54. The summed E-state index contributed by atoms with van der Waals surface area (Å²) in [6, 6.07) is 13.1. The molecule has 2 aromatic rings. The molecule has 1 saturated carbocycles. The molecule has 3 atom stereocenters. The third-order valence-corrected chi connectivity index (χ3v) is 5.55. The smallest absolute Gasteiger partial charge is 0.319 e. The predicted octanol–water partition coefficient (Wildman–Crippen LogP) is 2.11. The average molecular weight is 382 g/mol. The fourth-order valence-electron chi connectivity index (χ4n) is 3.73. The molecular weight excluding hydrogens is 359 g/mol. The SMILES string of the molecule is NC1[C@H]2CN(C(=O)Cc3ccc(NC(=O)NCc4ccc(F)cc4)cc3)C[C@@H]12. The zero-order chi connectivity index (χ0) is 19.7. The summed E-state index contributed by atoms with van der Waals surface area (Å²) in [5, 5.41) is 5.46. The van der Waals surface area contributed by atoms with Gasteiger partial charge in [-0.15, -0.1) is 0 Å². The summed E-state index contributed by atoms with van der Waals surface area (Å²) in [4.78, 5) is 26.3. The van der Waals surface area contributed by atoms with Gasteiger partial charge in [0.2, 0.25) is 5.91 Å². The number of nitrogens with one attached hydrogen (secondary N) is 2. The molecule has 4 N–H and O–H groups in total. The van der Waals surface area contributed by atoms with Crippen LogP contribution < -0.4 is 16.4 Å². The monoisotopic (exact) mass is 382 g/mol. The average Bonchev–Trinajstić information content (AvgIpc) is 3.09. The molecule has 1 unspecified atom stereocenters. The zero-order valence-electron chi connectivity index (χ0n) is 15.4. The summed E-state index contributed by atoms with van der Waals surface area (Å²) >= 11 is 0. The molecule has 146 valence electrons. The fourth-order valence-corrected chi connectivity index (χ4v) is 3.73. The van der Waals surface area contributed by atoms with E-state index in [0.29, 0.717) is 30.5 Å². The Morgan fingerprint density at radius 1 is 1.00 bits per heavy atom. The van der Waals surface area contributed by atoms with E-state index in [1.807, 2.05) is 17.0 Å². The number of piperidine rings is 1. The van der Waals surface area contributed by atoms with Crippen molar-refractivity contribution in [1.29, 1.82) is 0 Å². The summed E-state index contributed by atoms with van der Waals surface area (Å²) in [6.07, 6.45) is 0.353. The Labute approximate surface area is 162 Å². The molecule has 2 fully saturated rings. The maximum atomic E-state index is 12.9. The lowest BCUT2D eigenvalue weighted by Gasteiger charge is -2.19. The molecule has 7 heteroatoms. The van der Waals surface area contributed by atoms with Gasteiger partial charge in [0.15, 0.2) is 0 Å². The van der Waals surface area contributed by atoms with E-state index in [1.165, 1.54) is 12.1 Å². The van der Waals surface area contributed by atoms with Crippen LogP contribution in [0, 0.1) is 17.7 Å². The number of hydrogen-bond acceptors (Lipinski definition) is 3. The number of amides is 3. The second-order valence-corrected chi connectivity index (χ2v) is 7.51. The number of urea groups is 1. The van der Waals surface area contributed by atoms with Gasteiger partial charge in [-0.3, -0.25) is 4.79 Å². The first-order valence-electron chi connectivity index (χ1n) is 9.41. The number of fused-ring (bicyclic) bond motifs is 1. The molecule has 1 aliphatic carbocycles. The number of halogens is 1. The summed E-state index contributed by atoms with van der Waals surface area (Å²) in [5.74, 6) is 0.793. The standard InChI is InChI=1S/C21H23FN4O2/c22-15-5-1-14(2-6-15)10-24-21(28)25-16-7-3-13(4-8-16)9-19(27)26-11-17-18(12-26)20(17)23/h1-8,17-18,20H,9-12,23H2,(H2,24,25,28)/t17-,18+,20?. The highest BCUT2D eigenvalue weighted by atomic mass is 19.1. The molecule has 0 radical (unpaired) electrons. The highest BCUT2D eigenvalue weighted by molar-refractivity contribution is 5.89. The van der Waals surface area contributed by atoms with Crippen molar-refractivity contribution < 1.29 is 14.0 Å². The Bertz CT molecular complexity index is 857. The number of likely N-dealkylation sites (tertiary alicyclic amines) is 1. The summed E-state index contributed by atoms with van der Waals surface area (Å²) in [7, 11) is 0. The normalized spacial score (nSPS) is 22.5. The lowest BCUT2D eigenvalue weighted by Crippen LogP contribution is -2.34. The van der Waals surface area contributed by atoms with Crippen LogP contribution in [0.2, 0.25) is 0 Å². The van der Waals surface area contributed by atoms with Crippen LogP contribution in [0.15, 0.2) is 48.5 Å². The van der Waals surface area contributed by atoms with Crippen molar-refractivity contribution in [2.24, 2.45) is 17.6 Å². The van der Waals surface area contributed by atoms with Gasteiger partial charge in [0.25, 0.3) is 0 Å². The zero-order valence-corrected chi connectivity index (χ0v) is 15.4. The van der Waals surface area contributed by atoms with Crippen molar-refractivity contribution in [3.05, 3.63) is 65.5 Å². The van der Waals surface area contributed by atoms with Crippen LogP contribution in [0.4, 0.5) is 14.9 Å². The molecule has 28 heavy (non-hydrogen) atoms. The first kappa shape index (κ1) is 18.4. The molecule has 0 bridgehead atoms. The number of rotatable bonds is 5. The van der Waals surface area contributed by atoms with Gasteiger partial charge in [-0.05, 0) is 47.2 Å². The molecule has 4 rings (SSSR count). The van der Waals surface area contributed by atoms with Crippen molar-refractivity contribution >= 4 is 17.6 Å². The maximum Gasteiger partial charge on any atom is 0.319 e. The topological polar surface area (TPSA) is 87.5 Å². The second-order valence-electron chi connectivity index (χ2n) is 7.51. The molecule has 1 heterocycles. The van der Waals surface area contributed by atoms with Gasteiger partial charge in [0.05, 0.1) is 6.42 Å². The Balaban J connectivity index is 1.23. The van der Waals surface area contributed by atoms with Crippen molar-refractivity contribution in [3.63, 3.8) is 0 Å². The van der Waals surface area contributed by atoms with E-state index in [9.17, 15) is 14.0 Å². The molecule has 2 aliphatic rings. The number of nitrogens with zero attached hydrogens (tertiary/aromatic N) is 1. The van der Waals surface area contributed by atoms with Crippen LogP contribution in [0.1, 0.15) is 11.1 Å². The van der Waals surface area contributed by atoms with Crippen LogP contribution in [0.25, 0.3) is 0 Å². The molecule has 2 aromatic carbocycles. The minimum atomic E-state index is -0.346. The number of nitrogens with two attached hydrogens (primary N) is 1. The van der Waals surface area contributed by atoms with Crippen molar-refractivity contribution in [3.8, 4) is 0 Å². The first-order valence-corrected chi connectivity index (χ1v) is 9.41. The number of hydrogen-bond donors (Lipinski definition) is 3. The number of carbonyl (C=O) groups is 2.